The molecule has 1 N–H and O–H groups in total. The first kappa shape index (κ1) is 10.3. The molecule has 1 heterocycles. The summed E-state index contributed by atoms with van der Waals surface area (Å²) in [4.78, 5) is 16.0. The average Bonchev–Trinajstić information content (AvgIpc) is 2.50. The minimum Gasteiger partial charge on any atom is -0.476 e. The molecule has 1 aromatic rings. The summed E-state index contributed by atoms with van der Waals surface area (Å²) in [5, 5.41) is 8.60. The highest BCUT2D eigenvalue weighted by Crippen LogP contribution is 2.12. The van der Waals surface area contributed by atoms with Gasteiger partial charge in [0.15, 0.2) is 5.69 Å². The molecule has 0 radical (unpaired) electrons. The topological polar surface area (TPSA) is 66.6 Å². The molecule has 0 aliphatic rings. The molecule has 5 nitrogen and oxygen atoms in total. The third kappa shape index (κ3) is 2.35. The fourth-order valence-corrected chi connectivity index (χ4v) is 1.01. The molecule has 0 saturated carbocycles. The van der Waals surface area contributed by atoms with Crippen LogP contribution >= 0.6 is 0 Å². The van der Waals surface area contributed by atoms with Crippen LogP contribution in [0, 0.1) is 0 Å². The first-order valence-corrected chi connectivity index (χ1v) is 4.05. The number of rotatable bonds is 4. The van der Waals surface area contributed by atoms with Crippen molar-refractivity contribution in [3.8, 4) is 0 Å². The second kappa shape index (κ2) is 3.95. The van der Waals surface area contributed by atoms with Gasteiger partial charge >= 0.3 is 5.97 Å². The molecule has 14 heavy (non-hydrogen) atoms. The Bertz CT molecular complexity index is 357. The maximum atomic E-state index is 10.5. The highest BCUT2D eigenvalue weighted by molar-refractivity contribution is 5.85. The van der Waals surface area contributed by atoms with Gasteiger partial charge in [-0.25, -0.2) is 4.79 Å². The Hall–Kier alpha value is -1.78. The average molecular weight is 196 g/mol. The van der Waals surface area contributed by atoms with Crippen LogP contribution in [0.1, 0.15) is 17.4 Å². The van der Waals surface area contributed by atoms with Crippen molar-refractivity contribution in [2.45, 2.75) is 6.92 Å². The van der Waals surface area contributed by atoms with Crippen LogP contribution in [0.25, 0.3) is 0 Å². The first-order chi connectivity index (χ1) is 6.50. The third-order valence-corrected chi connectivity index (χ3v) is 1.54. The number of nitrogens with zero attached hydrogens (tertiary/aromatic N) is 2. The van der Waals surface area contributed by atoms with Crippen LogP contribution in [0.3, 0.4) is 0 Å². The largest absolute Gasteiger partial charge is 0.476 e. The van der Waals surface area contributed by atoms with Crippen LogP contribution in [0.2, 0.25) is 0 Å². The molecule has 1 aromatic heterocycles. The van der Waals surface area contributed by atoms with Crippen LogP contribution in [0.5, 0.6) is 0 Å². The standard InChI is InChI=1S/C9H12N2O3/c1-6(2)4-11(3)9-10-7(5-14-9)8(12)13/h5H,1,4H2,2-3H3,(H,12,13). The quantitative estimate of drug-likeness (QED) is 0.737. The van der Waals surface area contributed by atoms with Gasteiger partial charge in [0.25, 0.3) is 6.01 Å². The minimum absolute atomic E-state index is 0.0893. The number of carboxylic acids is 1. The zero-order chi connectivity index (χ0) is 10.7. The molecule has 0 bridgehead atoms. The monoisotopic (exact) mass is 196 g/mol. The second-order valence-corrected chi connectivity index (χ2v) is 3.13. The summed E-state index contributed by atoms with van der Waals surface area (Å²) in [5.74, 6) is -1.09. The Morgan fingerprint density at radius 2 is 2.43 bits per heavy atom. The van der Waals surface area contributed by atoms with E-state index in [1.165, 1.54) is 0 Å². The number of carboxylic acid groups (broad SMARTS) is 1. The van der Waals surface area contributed by atoms with Gasteiger partial charge in [0.2, 0.25) is 0 Å². The second-order valence-electron chi connectivity index (χ2n) is 3.13. The summed E-state index contributed by atoms with van der Waals surface area (Å²) in [6.45, 7) is 6.19. The zero-order valence-electron chi connectivity index (χ0n) is 8.15. The summed E-state index contributed by atoms with van der Waals surface area (Å²) in [7, 11) is 1.76. The van der Waals surface area contributed by atoms with E-state index >= 15 is 0 Å². The van der Waals surface area contributed by atoms with Gasteiger partial charge in [-0.05, 0) is 6.92 Å². The van der Waals surface area contributed by atoms with Gasteiger partial charge in [0.05, 0.1) is 0 Å². The Kier molecular flexibility index (Phi) is 2.91. The number of hydrogen-bond donors (Lipinski definition) is 1. The zero-order valence-corrected chi connectivity index (χ0v) is 8.15. The normalized spacial score (nSPS) is 9.86. The highest BCUT2D eigenvalue weighted by Gasteiger charge is 2.13. The molecule has 0 amide bonds. The van der Waals surface area contributed by atoms with Crippen molar-refractivity contribution < 1.29 is 14.3 Å². The lowest BCUT2D eigenvalue weighted by molar-refractivity contribution is 0.0690. The van der Waals surface area contributed by atoms with Gasteiger partial charge in [0.1, 0.15) is 6.26 Å². The summed E-state index contributed by atoms with van der Waals surface area (Å²) >= 11 is 0. The van der Waals surface area contributed by atoms with Crippen LogP contribution < -0.4 is 4.90 Å². The molecule has 0 atom stereocenters. The third-order valence-electron chi connectivity index (χ3n) is 1.54. The molecular weight excluding hydrogens is 184 g/mol. The van der Waals surface area contributed by atoms with Crippen molar-refractivity contribution in [1.29, 1.82) is 0 Å². The van der Waals surface area contributed by atoms with E-state index in [1.807, 2.05) is 6.92 Å². The van der Waals surface area contributed by atoms with Gasteiger partial charge in [-0.15, -0.1) is 0 Å². The van der Waals surface area contributed by atoms with Gasteiger partial charge in [-0.3, -0.25) is 0 Å². The fourth-order valence-electron chi connectivity index (χ4n) is 1.01. The number of likely N-dealkylation sites (N-methyl/N-ethyl adjacent to an activating group) is 1. The molecule has 0 aliphatic heterocycles. The van der Waals surface area contributed by atoms with E-state index in [4.69, 9.17) is 9.52 Å². The number of aromatic nitrogens is 1. The smallest absolute Gasteiger partial charge is 0.357 e. The van der Waals surface area contributed by atoms with E-state index in [1.54, 1.807) is 11.9 Å². The Balaban J connectivity index is 2.76. The summed E-state index contributed by atoms with van der Waals surface area (Å²) < 4.78 is 4.98. The molecule has 5 heteroatoms. The first-order valence-electron chi connectivity index (χ1n) is 4.05. The Morgan fingerprint density at radius 1 is 1.79 bits per heavy atom. The van der Waals surface area contributed by atoms with Gasteiger partial charge in [-0.1, -0.05) is 12.2 Å². The van der Waals surface area contributed by atoms with Crippen molar-refractivity contribution in [2.75, 3.05) is 18.5 Å². The molecular formula is C9H12N2O3. The van der Waals surface area contributed by atoms with E-state index in [9.17, 15) is 4.79 Å². The van der Waals surface area contributed by atoms with Crippen molar-refractivity contribution in [3.05, 3.63) is 24.1 Å². The van der Waals surface area contributed by atoms with Crippen molar-refractivity contribution in [3.63, 3.8) is 0 Å². The maximum Gasteiger partial charge on any atom is 0.357 e. The van der Waals surface area contributed by atoms with Crippen molar-refractivity contribution in [2.24, 2.45) is 0 Å². The Labute approximate surface area is 81.7 Å². The van der Waals surface area contributed by atoms with Crippen LogP contribution in [0.15, 0.2) is 22.8 Å². The van der Waals surface area contributed by atoms with Crippen LogP contribution in [-0.2, 0) is 0 Å². The van der Waals surface area contributed by atoms with Gasteiger partial charge < -0.3 is 14.4 Å². The molecule has 0 aromatic carbocycles. The molecule has 0 saturated heterocycles. The summed E-state index contributed by atoms with van der Waals surface area (Å²) in [6.07, 6.45) is 1.12. The summed E-state index contributed by atoms with van der Waals surface area (Å²) in [6, 6.07) is 0.283. The van der Waals surface area contributed by atoms with E-state index in [2.05, 4.69) is 11.6 Å². The number of hydrogen-bond acceptors (Lipinski definition) is 4. The van der Waals surface area contributed by atoms with Crippen molar-refractivity contribution >= 4 is 12.0 Å². The van der Waals surface area contributed by atoms with Crippen LogP contribution in [-0.4, -0.2) is 29.7 Å². The molecule has 0 spiro atoms. The van der Waals surface area contributed by atoms with Crippen LogP contribution in [0.4, 0.5) is 6.01 Å². The predicted molar refractivity (Wildman–Crippen MR) is 51.5 cm³/mol. The highest BCUT2D eigenvalue weighted by atomic mass is 16.4. The number of anilines is 1. The van der Waals surface area contributed by atoms with E-state index < -0.39 is 5.97 Å². The number of aromatic carboxylic acids is 1. The predicted octanol–water partition coefficient (Wildman–Crippen LogP) is 1.39. The molecule has 76 valence electrons. The number of oxazole rings is 1. The lowest BCUT2D eigenvalue weighted by Crippen LogP contribution is -2.19. The molecule has 0 fully saturated rings. The van der Waals surface area contributed by atoms with Gasteiger partial charge in [0, 0.05) is 13.6 Å². The van der Waals surface area contributed by atoms with E-state index in [-0.39, 0.29) is 11.7 Å². The Morgan fingerprint density at radius 3 is 2.86 bits per heavy atom. The van der Waals surface area contributed by atoms with Gasteiger partial charge in [-0.2, -0.15) is 4.98 Å². The molecule has 0 unspecified atom stereocenters. The van der Waals surface area contributed by atoms with Crippen molar-refractivity contribution in [1.82, 2.24) is 4.98 Å². The molecule has 1 rings (SSSR count). The lowest BCUT2D eigenvalue weighted by atomic mass is 10.3. The van der Waals surface area contributed by atoms with E-state index in [0.29, 0.717) is 6.54 Å². The minimum atomic E-state index is -1.09. The number of carbonyl (C=O) groups is 1. The van der Waals surface area contributed by atoms with E-state index in [0.717, 1.165) is 11.8 Å². The lowest BCUT2D eigenvalue weighted by Gasteiger charge is -2.13. The molecule has 0 aliphatic carbocycles. The SMILES string of the molecule is C=C(C)CN(C)c1nc(C(=O)O)co1. The summed E-state index contributed by atoms with van der Waals surface area (Å²) in [5.41, 5.74) is 0.858. The fraction of sp³-hybridized carbons (Fsp3) is 0.333. The maximum absolute atomic E-state index is 10.5.